The van der Waals surface area contributed by atoms with Gasteiger partial charge in [0.15, 0.2) is 0 Å². The van der Waals surface area contributed by atoms with Crippen LogP contribution in [0.1, 0.15) is 24.2 Å². The SMILES string of the molecule is CCn1cc(CNCC(O)c2ccncc2)cn1. The highest BCUT2D eigenvalue weighted by Crippen LogP contribution is 2.09. The monoisotopic (exact) mass is 246 g/mol. The van der Waals surface area contributed by atoms with E-state index >= 15 is 0 Å². The fourth-order valence-electron chi connectivity index (χ4n) is 1.73. The van der Waals surface area contributed by atoms with Crippen LogP contribution in [-0.4, -0.2) is 26.4 Å². The molecule has 0 bridgehead atoms. The normalized spacial score (nSPS) is 12.6. The number of nitrogens with zero attached hydrogens (tertiary/aromatic N) is 3. The molecule has 1 atom stereocenters. The van der Waals surface area contributed by atoms with E-state index in [1.54, 1.807) is 12.4 Å². The molecule has 2 N–H and O–H groups in total. The van der Waals surface area contributed by atoms with Crippen LogP contribution in [0.15, 0.2) is 36.9 Å². The van der Waals surface area contributed by atoms with E-state index in [4.69, 9.17) is 0 Å². The van der Waals surface area contributed by atoms with Crippen molar-refractivity contribution in [3.05, 3.63) is 48.0 Å². The summed E-state index contributed by atoms with van der Waals surface area (Å²) in [6, 6.07) is 3.64. The molecule has 2 rings (SSSR count). The maximum atomic E-state index is 9.94. The zero-order valence-corrected chi connectivity index (χ0v) is 10.5. The molecule has 0 radical (unpaired) electrons. The van der Waals surface area contributed by atoms with E-state index < -0.39 is 6.10 Å². The Morgan fingerprint density at radius 1 is 1.39 bits per heavy atom. The Balaban J connectivity index is 1.78. The lowest BCUT2D eigenvalue weighted by Crippen LogP contribution is -2.20. The van der Waals surface area contributed by atoms with Crippen molar-refractivity contribution in [2.75, 3.05) is 6.54 Å². The van der Waals surface area contributed by atoms with Gasteiger partial charge in [-0.25, -0.2) is 0 Å². The topological polar surface area (TPSA) is 63.0 Å². The first kappa shape index (κ1) is 12.7. The number of aliphatic hydroxyl groups excluding tert-OH is 1. The second-order valence-electron chi connectivity index (χ2n) is 4.13. The lowest BCUT2D eigenvalue weighted by molar-refractivity contribution is 0.174. The number of hydrogen-bond acceptors (Lipinski definition) is 4. The van der Waals surface area contributed by atoms with Crippen molar-refractivity contribution in [2.45, 2.75) is 26.1 Å². The second-order valence-corrected chi connectivity index (χ2v) is 4.13. The van der Waals surface area contributed by atoms with Crippen LogP contribution in [0.5, 0.6) is 0 Å². The molecule has 1 unspecified atom stereocenters. The Labute approximate surface area is 106 Å². The van der Waals surface area contributed by atoms with Gasteiger partial charge in [0, 0.05) is 43.8 Å². The lowest BCUT2D eigenvalue weighted by Gasteiger charge is -2.11. The molecule has 2 aromatic rings. The Hall–Kier alpha value is -1.72. The van der Waals surface area contributed by atoms with Crippen LogP contribution in [0.3, 0.4) is 0 Å². The van der Waals surface area contributed by atoms with Gasteiger partial charge in [0.05, 0.1) is 12.3 Å². The summed E-state index contributed by atoms with van der Waals surface area (Å²) in [6.45, 7) is 4.15. The zero-order chi connectivity index (χ0) is 12.8. The molecule has 5 heteroatoms. The largest absolute Gasteiger partial charge is 0.387 e. The summed E-state index contributed by atoms with van der Waals surface area (Å²) < 4.78 is 1.89. The second kappa shape index (κ2) is 6.28. The average molecular weight is 246 g/mol. The molecule has 0 fully saturated rings. The van der Waals surface area contributed by atoms with E-state index in [1.807, 2.05) is 29.2 Å². The van der Waals surface area contributed by atoms with Crippen molar-refractivity contribution in [1.29, 1.82) is 0 Å². The van der Waals surface area contributed by atoms with E-state index in [2.05, 4.69) is 22.3 Å². The number of rotatable bonds is 6. The van der Waals surface area contributed by atoms with Crippen molar-refractivity contribution >= 4 is 0 Å². The molecule has 2 heterocycles. The Bertz CT molecular complexity index is 469. The summed E-state index contributed by atoms with van der Waals surface area (Å²) in [5.74, 6) is 0. The minimum absolute atomic E-state index is 0.505. The number of aliphatic hydroxyl groups is 1. The van der Waals surface area contributed by atoms with Gasteiger partial charge in [-0.1, -0.05) is 0 Å². The van der Waals surface area contributed by atoms with Crippen LogP contribution in [0, 0.1) is 0 Å². The summed E-state index contributed by atoms with van der Waals surface area (Å²) in [7, 11) is 0. The first-order valence-corrected chi connectivity index (χ1v) is 6.09. The van der Waals surface area contributed by atoms with Gasteiger partial charge in [0.1, 0.15) is 0 Å². The highest BCUT2D eigenvalue weighted by molar-refractivity contribution is 5.13. The maximum absolute atomic E-state index is 9.94. The fourth-order valence-corrected chi connectivity index (χ4v) is 1.73. The molecule has 0 saturated carbocycles. The van der Waals surface area contributed by atoms with Crippen molar-refractivity contribution < 1.29 is 5.11 Å². The van der Waals surface area contributed by atoms with Crippen LogP contribution in [0.2, 0.25) is 0 Å². The van der Waals surface area contributed by atoms with Gasteiger partial charge in [0.2, 0.25) is 0 Å². The number of pyridine rings is 1. The van der Waals surface area contributed by atoms with Crippen molar-refractivity contribution in [3.63, 3.8) is 0 Å². The zero-order valence-electron chi connectivity index (χ0n) is 10.5. The van der Waals surface area contributed by atoms with Gasteiger partial charge >= 0.3 is 0 Å². The van der Waals surface area contributed by atoms with Gasteiger partial charge in [0.25, 0.3) is 0 Å². The summed E-state index contributed by atoms with van der Waals surface area (Å²) >= 11 is 0. The van der Waals surface area contributed by atoms with Gasteiger partial charge in [-0.05, 0) is 24.6 Å². The van der Waals surface area contributed by atoms with E-state index in [0.29, 0.717) is 13.1 Å². The lowest BCUT2D eigenvalue weighted by atomic mass is 10.1. The summed E-state index contributed by atoms with van der Waals surface area (Å²) in [4.78, 5) is 3.93. The minimum Gasteiger partial charge on any atom is -0.387 e. The molecule has 0 saturated heterocycles. The third kappa shape index (κ3) is 3.38. The minimum atomic E-state index is -0.505. The van der Waals surface area contributed by atoms with Crippen molar-refractivity contribution in [3.8, 4) is 0 Å². The Kier molecular flexibility index (Phi) is 4.44. The quantitative estimate of drug-likeness (QED) is 0.802. The van der Waals surface area contributed by atoms with E-state index in [9.17, 15) is 5.11 Å². The fraction of sp³-hybridized carbons (Fsp3) is 0.385. The first-order valence-electron chi connectivity index (χ1n) is 6.09. The maximum Gasteiger partial charge on any atom is 0.0915 e. The number of hydrogen-bond donors (Lipinski definition) is 2. The highest BCUT2D eigenvalue weighted by Gasteiger charge is 2.06. The third-order valence-electron chi connectivity index (χ3n) is 2.77. The van der Waals surface area contributed by atoms with E-state index in [-0.39, 0.29) is 0 Å². The predicted octanol–water partition coefficient (Wildman–Crippen LogP) is 1.12. The predicted molar refractivity (Wildman–Crippen MR) is 68.8 cm³/mol. The molecule has 18 heavy (non-hydrogen) atoms. The van der Waals surface area contributed by atoms with Crippen LogP contribution >= 0.6 is 0 Å². The van der Waals surface area contributed by atoms with Gasteiger partial charge < -0.3 is 10.4 Å². The van der Waals surface area contributed by atoms with Crippen LogP contribution < -0.4 is 5.32 Å². The van der Waals surface area contributed by atoms with Gasteiger partial charge in [-0.15, -0.1) is 0 Å². The number of nitrogens with one attached hydrogen (secondary N) is 1. The van der Waals surface area contributed by atoms with Crippen LogP contribution in [-0.2, 0) is 13.1 Å². The molecule has 0 spiro atoms. The third-order valence-corrected chi connectivity index (χ3v) is 2.77. The van der Waals surface area contributed by atoms with Crippen molar-refractivity contribution in [2.24, 2.45) is 0 Å². The number of aryl methyl sites for hydroxylation is 1. The van der Waals surface area contributed by atoms with Crippen LogP contribution in [0.25, 0.3) is 0 Å². The molecular formula is C13H18N4O. The summed E-state index contributed by atoms with van der Waals surface area (Å²) in [5.41, 5.74) is 2.00. The molecular weight excluding hydrogens is 228 g/mol. The smallest absolute Gasteiger partial charge is 0.0915 e. The van der Waals surface area contributed by atoms with Gasteiger partial charge in [-0.3, -0.25) is 9.67 Å². The molecule has 5 nitrogen and oxygen atoms in total. The molecule has 0 aliphatic carbocycles. The van der Waals surface area contributed by atoms with Crippen LogP contribution in [0.4, 0.5) is 0 Å². The molecule has 0 aliphatic rings. The Morgan fingerprint density at radius 3 is 2.83 bits per heavy atom. The standard InChI is InChI=1S/C13H18N4O/c1-2-17-10-11(8-16-17)7-15-9-13(18)12-3-5-14-6-4-12/h3-6,8,10,13,15,18H,2,7,9H2,1H3. The van der Waals surface area contributed by atoms with E-state index in [1.165, 1.54) is 0 Å². The highest BCUT2D eigenvalue weighted by atomic mass is 16.3. The molecule has 2 aromatic heterocycles. The summed E-state index contributed by atoms with van der Waals surface area (Å²) in [6.07, 6.45) is 6.71. The van der Waals surface area contributed by atoms with Gasteiger partial charge in [-0.2, -0.15) is 5.10 Å². The molecule has 0 amide bonds. The summed E-state index contributed by atoms with van der Waals surface area (Å²) in [5, 5.41) is 17.3. The average Bonchev–Trinajstić information content (AvgIpc) is 2.87. The number of aromatic nitrogens is 3. The molecule has 0 aliphatic heterocycles. The first-order chi connectivity index (χ1) is 8.79. The van der Waals surface area contributed by atoms with E-state index in [0.717, 1.165) is 17.7 Å². The molecule has 0 aromatic carbocycles. The van der Waals surface area contributed by atoms with Crippen molar-refractivity contribution in [1.82, 2.24) is 20.1 Å². The Morgan fingerprint density at radius 2 is 2.17 bits per heavy atom. The molecule has 96 valence electrons.